The van der Waals surface area contributed by atoms with Gasteiger partial charge < -0.3 is 10.6 Å². The van der Waals surface area contributed by atoms with Crippen LogP contribution in [0.3, 0.4) is 0 Å². The third kappa shape index (κ3) is 2.85. The highest BCUT2D eigenvalue weighted by Crippen LogP contribution is 2.34. The largest absolute Gasteiger partial charge is 0.358 e. The topological polar surface area (TPSA) is 65.8 Å². The molecule has 0 spiro atoms. The van der Waals surface area contributed by atoms with Gasteiger partial charge in [0.2, 0.25) is 5.91 Å². The van der Waals surface area contributed by atoms with E-state index in [4.69, 9.17) is 0 Å². The molecule has 1 aromatic rings. The van der Waals surface area contributed by atoms with E-state index in [2.05, 4.69) is 20.9 Å². The molecule has 1 aromatic carbocycles. The van der Waals surface area contributed by atoms with E-state index < -0.39 is 5.66 Å². The van der Waals surface area contributed by atoms with E-state index in [0.29, 0.717) is 6.54 Å². The van der Waals surface area contributed by atoms with Gasteiger partial charge in [0.05, 0.1) is 12.1 Å². The summed E-state index contributed by atoms with van der Waals surface area (Å²) in [5.74, 6) is -0.00909. The van der Waals surface area contributed by atoms with E-state index in [0.717, 1.165) is 17.8 Å². The molecule has 1 amide bonds. The van der Waals surface area contributed by atoms with Crippen molar-refractivity contribution in [3.63, 3.8) is 0 Å². The van der Waals surface area contributed by atoms with Gasteiger partial charge in [-0.3, -0.25) is 4.79 Å². The van der Waals surface area contributed by atoms with Crippen LogP contribution in [-0.2, 0) is 4.79 Å². The molecule has 0 aliphatic carbocycles. The fourth-order valence-corrected chi connectivity index (χ4v) is 1.86. The summed E-state index contributed by atoms with van der Waals surface area (Å²) in [7, 11) is 0. The summed E-state index contributed by atoms with van der Waals surface area (Å²) in [5, 5.41) is 14.5. The Labute approximate surface area is 107 Å². The minimum atomic E-state index is -0.661. The summed E-state index contributed by atoms with van der Waals surface area (Å²) in [6.45, 7) is 4.59. The Morgan fingerprint density at radius 1 is 1.44 bits per heavy atom. The molecule has 1 atom stereocenters. The first kappa shape index (κ1) is 12.5. The zero-order valence-electron chi connectivity index (χ0n) is 10.7. The lowest BCUT2D eigenvalue weighted by molar-refractivity contribution is -0.121. The molecular formula is C13H18N4O. The average Bonchev–Trinajstić information content (AvgIpc) is 2.35. The predicted molar refractivity (Wildman–Crippen MR) is 70.9 cm³/mol. The van der Waals surface area contributed by atoms with E-state index in [-0.39, 0.29) is 12.3 Å². The number of fused-ring (bicyclic) bond motifs is 1. The van der Waals surface area contributed by atoms with Crippen LogP contribution in [0.5, 0.6) is 0 Å². The van der Waals surface area contributed by atoms with E-state index in [9.17, 15) is 4.79 Å². The van der Waals surface area contributed by atoms with Crippen LogP contribution in [0.2, 0.25) is 0 Å². The number of anilines is 1. The Hall–Kier alpha value is -1.91. The highest BCUT2D eigenvalue weighted by molar-refractivity contribution is 5.78. The summed E-state index contributed by atoms with van der Waals surface area (Å²) < 4.78 is 0. The molecule has 2 N–H and O–H groups in total. The van der Waals surface area contributed by atoms with E-state index in [1.165, 1.54) is 0 Å². The van der Waals surface area contributed by atoms with Gasteiger partial charge in [-0.05, 0) is 25.5 Å². The van der Waals surface area contributed by atoms with Crippen LogP contribution in [0, 0.1) is 0 Å². The molecule has 1 heterocycles. The van der Waals surface area contributed by atoms with E-state index in [1.807, 2.05) is 38.1 Å². The van der Waals surface area contributed by atoms with Gasteiger partial charge >= 0.3 is 0 Å². The van der Waals surface area contributed by atoms with Gasteiger partial charge in [-0.1, -0.05) is 19.1 Å². The van der Waals surface area contributed by atoms with Crippen molar-refractivity contribution in [2.45, 2.75) is 32.4 Å². The van der Waals surface area contributed by atoms with Gasteiger partial charge in [0.1, 0.15) is 5.69 Å². The van der Waals surface area contributed by atoms with Crippen LogP contribution in [0.1, 0.15) is 26.7 Å². The lowest BCUT2D eigenvalue weighted by Crippen LogP contribution is -2.40. The number of amides is 1. The number of hydrogen-bond donors (Lipinski definition) is 2. The third-order valence-electron chi connectivity index (χ3n) is 2.76. The number of azo groups is 1. The maximum atomic E-state index is 11.7. The zero-order valence-corrected chi connectivity index (χ0v) is 10.7. The molecule has 18 heavy (non-hydrogen) atoms. The first-order valence-electron chi connectivity index (χ1n) is 6.20. The molecule has 5 heteroatoms. The SMILES string of the molecule is CCCNC(=O)CC1(C)N=Nc2ccccc2N1. The first-order chi connectivity index (χ1) is 8.63. The average molecular weight is 246 g/mol. The second-order valence-electron chi connectivity index (χ2n) is 4.64. The van der Waals surface area contributed by atoms with Crippen LogP contribution in [-0.4, -0.2) is 18.1 Å². The number of para-hydroxylation sites is 1. The number of rotatable bonds is 4. The van der Waals surface area contributed by atoms with Crippen molar-refractivity contribution in [1.29, 1.82) is 0 Å². The van der Waals surface area contributed by atoms with Gasteiger partial charge in [-0.2, -0.15) is 10.2 Å². The molecule has 0 aromatic heterocycles. The number of nitrogens with one attached hydrogen (secondary N) is 2. The number of hydrogen-bond acceptors (Lipinski definition) is 4. The summed E-state index contributed by atoms with van der Waals surface area (Å²) in [6, 6.07) is 7.68. The number of carbonyl (C=O) groups excluding carboxylic acids is 1. The van der Waals surface area contributed by atoms with Crippen LogP contribution in [0.4, 0.5) is 11.4 Å². The fourth-order valence-electron chi connectivity index (χ4n) is 1.86. The monoisotopic (exact) mass is 246 g/mol. The summed E-state index contributed by atoms with van der Waals surface area (Å²) in [5.41, 5.74) is 1.06. The quantitative estimate of drug-likeness (QED) is 0.857. The molecule has 1 unspecified atom stereocenters. The molecule has 0 radical (unpaired) electrons. The van der Waals surface area contributed by atoms with Crippen molar-refractivity contribution in [3.05, 3.63) is 24.3 Å². The minimum Gasteiger partial charge on any atom is -0.358 e. The Bertz CT molecular complexity index is 472. The number of benzene rings is 1. The van der Waals surface area contributed by atoms with Crippen molar-refractivity contribution in [1.82, 2.24) is 5.32 Å². The van der Waals surface area contributed by atoms with Crippen molar-refractivity contribution in [2.75, 3.05) is 11.9 Å². The molecule has 0 bridgehead atoms. The maximum Gasteiger partial charge on any atom is 0.224 e. The van der Waals surface area contributed by atoms with Crippen molar-refractivity contribution < 1.29 is 4.79 Å². The van der Waals surface area contributed by atoms with E-state index >= 15 is 0 Å². The molecule has 0 fully saturated rings. The van der Waals surface area contributed by atoms with Crippen LogP contribution in [0.15, 0.2) is 34.5 Å². The van der Waals surface area contributed by atoms with Crippen LogP contribution in [0.25, 0.3) is 0 Å². The lowest BCUT2D eigenvalue weighted by Gasteiger charge is -2.29. The molecule has 5 nitrogen and oxygen atoms in total. The van der Waals surface area contributed by atoms with Crippen molar-refractivity contribution in [2.24, 2.45) is 10.2 Å². The fraction of sp³-hybridized carbons (Fsp3) is 0.462. The smallest absolute Gasteiger partial charge is 0.224 e. The molecule has 2 rings (SSSR count). The number of carbonyl (C=O) groups is 1. The van der Waals surface area contributed by atoms with Gasteiger partial charge in [0, 0.05) is 6.54 Å². The van der Waals surface area contributed by atoms with Gasteiger partial charge in [0.15, 0.2) is 5.66 Å². The van der Waals surface area contributed by atoms with Gasteiger partial charge in [-0.25, -0.2) is 0 Å². The normalized spacial score (nSPS) is 21.0. The third-order valence-corrected chi connectivity index (χ3v) is 2.76. The zero-order chi connectivity index (χ0) is 13.0. The van der Waals surface area contributed by atoms with Crippen molar-refractivity contribution in [3.8, 4) is 0 Å². The summed E-state index contributed by atoms with van der Waals surface area (Å²) in [4.78, 5) is 11.7. The molecule has 1 aliphatic heterocycles. The molecular weight excluding hydrogens is 228 g/mol. The molecule has 96 valence electrons. The lowest BCUT2D eigenvalue weighted by atomic mass is 10.1. The van der Waals surface area contributed by atoms with Crippen molar-refractivity contribution >= 4 is 17.3 Å². The van der Waals surface area contributed by atoms with Crippen LogP contribution >= 0.6 is 0 Å². The highest BCUT2D eigenvalue weighted by Gasteiger charge is 2.30. The Morgan fingerprint density at radius 2 is 2.22 bits per heavy atom. The standard InChI is InChI=1S/C13H18N4O/c1-3-8-14-12(18)9-13(2)15-10-6-4-5-7-11(10)16-17-13/h4-7,15H,3,8-9H2,1-2H3,(H,14,18). The van der Waals surface area contributed by atoms with E-state index in [1.54, 1.807) is 0 Å². The summed E-state index contributed by atoms with van der Waals surface area (Å²) >= 11 is 0. The number of nitrogens with zero attached hydrogens (tertiary/aromatic N) is 2. The second kappa shape index (κ2) is 5.16. The maximum absolute atomic E-state index is 11.7. The molecule has 0 saturated carbocycles. The Morgan fingerprint density at radius 3 is 3.00 bits per heavy atom. The minimum absolute atomic E-state index is 0.00909. The van der Waals surface area contributed by atoms with Gasteiger partial charge in [0.25, 0.3) is 0 Å². The Kier molecular flexibility index (Phi) is 3.60. The Balaban J connectivity index is 2.04. The van der Waals surface area contributed by atoms with Crippen LogP contribution < -0.4 is 10.6 Å². The summed E-state index contributed by atoms with van der Waals surface area (Å²) in [6.07, 6.45) is 1.21. The molecule has 1 aliphatic rings. The first-order valence-corrected chi connectivity index (χ1v) is 6.20. The predicted octanol–water partition coefficient (Wildman–Crippen LogP) is 2.83. The highest BCUT2D eigenvalue weighted by atomic mass is 16.1. The second-order valence-corrected chi connectivity index (χ2v) is 4.64. The molecule has 0 saturated heterocycles. The van der Waals surface area contributed by atoms with Gasteiger partial charge in [-0.15, -0.1) is 0 Å².